The normalized spacial score (nSPS) is 17.2. The van der Waals surface area contributed by atoms with E-state index in [9.17, 15) is 14.4 Å². The fourth-order valence-corrected chi connectivity index (χ4v) is 2.50. The fraction of sp³-hybridized carbons (Fsp3) is 0.438. The molecule has 6 heteroatoms. The molecule has 1 aliphatic rings. The van der Waals surface area contributed by atoms with Gasteiger partial charge in [0.25, 0.3) is 0 Å². The number of carbonyl (C=O) groups excluding carboxylic acids is 3. The van der Waals surface area contributed by atoms with Crippen molar-refractivity contribution in [2.75, 3.05) is 11.9 Å². The number of benzene rings is 1. The highest BCUT2D eigenvalue weighted by molar-refractivity contribution is 5.94. The number of nitrogens with one attached hydrogen (secondary N) is 1. The summed E-state index contributed by atoms with van der Waals surface area (Å²) < 4.78 is 4.90. The van der Waals surface area contributed by atoms with Crippen LogP contribution < -0.4 is 5.32 Å². The van der Waals surface area contributed by atoms with Gasteiger partial charge in [-0.05, 0) is 37.5 Å². The summed E-state index contributed by atoms with van der Waals surface area (Å²) in [7, 11) is 0. The number of urea groups is 1. The molecule has 1 aromatic carbocycles. The third-order valence-corrected chi connectivity index (χ3v) is 3.63. The number of rotatable bonds is 4. The van der Waals surface area contributed by atoms with Crippen LogP contribution in [0.3, 0.4) is 0 Å². The SMILES string of the molecule is CC(=O)OCc1ccc(NC(=O)N2CCC[C@H]2C(C)=O)cc1. The Kier molecular flexibility index (Phi) is 5.14. The lowest BCUT2D eigenvalue weighted by atomic mass is 10.1. The van der Waals surface area contributed by atoms with Crippen LogP contribution >= 0.6 is 0 Å². The predicted molar refractivity (Wildman–Crippen MR) is 81.3 cm³/mol. The van der Waals surface area contributed by atoms with Gasteiger partial charge in [0.15, 0.2) is 5.78 Å². The van der Waals surface area contributed by atoms with Crippen LogP contribution in [0.4, 0.5) is 10.5 Å². The number of likely N-dealkylation sites (tertiary alicyclic amines) is 1. The largest absolute Gasteiger partial charge is 0.461 e. The number of ether oxygens (including phenoxy) is 1. The summed E-state index contributed by atoms with van der Waals surface area (Å²) in [6, 6.07) is 6.48. The summed E-state index contributed by atoms with van der Waals surface area (Å²) in [5.74, 6) is -0.314. The number of carbonyl (C=O) groups is 3. The molecular weight excluding hydrogens is 284 g/mol. The Morgan fingerprint density at radius 3 is 2.50 bits per heavy atom. The molecule has 1 aliphatic heterocycles. The number of hydrogen-bond donors (Lipinski definition) is 1. The number of hydrogen-bond acceptors (Lipinski definition) is 4. The van der Waals surface area contributed by atoms with Gasteiger partial charge in [0.2, 0.25) is 0 Å². The van der Waals surface area contributed by atoms with Crippen LogP contribution in [0, 0.1) is 0 Å². The van der Waals surface area contributed by atoms with Gasteiger partial charge in [-0.1, -0.05) is 12.1 Å². The summed E-state index contributed by atoms with van der Waals surface area (Å²) in [5, 5.41) is 2.79. The molecule has 0 aromatic heterocycles. The molecule has 1 heterocycles. The molecule has 0 radical (unpaired) electrons. The molecule has 0 aliphatic carbocycles. The number of nitrogens with zero attached hydrogens (tertiary/aromatic N) is 1. The highest BCUT2D eigenvalue weighted by atomic mass is 16.5. The first-order chi connectivity index (χ1) is 10.5. The fourth-order valence-electron chi connectivity index (χ4n) is 2.50. The molecule has 118 valence electrons. The number of amides is 2. The molecule has 0 unspecified atom stereocenters. The van der Waals surface area contributed by atoms with Crippen LogP contribution in [-0.4, -0.2) is 35.3 Å². The van der Waals surface area contributed by atoms with Crippen molar-refractivity contribution in [3.8, 4) is 0 Å². The maximum Gasteiger partial charge on any atom is 0.322 e. The van der Waals surface area contributed by atoms with Gasteiger partial charge >= 0.3 is 12.0 Å². The average molecular weight is 304 g/mol. The molecule has 1 N–H and O–H groups in total. The first kappa shape index (κ1) is 16.0. The third-order valence-electron chi connectivity index (χ3n) is 3.63. The van der Waals surface area contributed by atoms with E-state index in [1.54, 1.807) is 29.2 Å². The molecule has 1 aromatic rings. The maximum atomic E-state index is 12.2. The molecule has 1 saturated heterocycles. The molecule has 1 fully saturated rings. The molecular formula is C16H20N2O4. The molecule has 22 heavy (non-hydrogen) atoms. The van der Waals surface area contributed by atoms with Gasteiger partial charge in [-0.25, -0.2) is 4.79 Å². The average Bonchev–Trinajstić information content (AvgIpc) is 2.96. The molecule has 1 atom stereocenters. The topological polar surface area (TPSA) is 75.7 Å². The highest BCUT2D eigenvalue weighted by Crippen LogP contribution is 2.20. The summed E-state index contributed by atoms with van der Waals surface area (Å²) >= 11 is 0. The van der Waals surface area contributed by atoms with E-state index in [2.05, 4.69) is 5.32 Å². The maximum absolute atomic E-state index is 12.2. The van der Waals surface area contributed by atoms with Gasteiger partial charge in [-0.15, -0.1) is 0 Å². The number of ketones is 1. The summed E-state index contributed by atoms with van der Waals surface area (Å²) in [5.41, 5.74) is 1.49. The van der Waals surface area contributed by atoms with Crippen LogP contribution in [0.2, 0.25) is 0 Å². The van der Waals surface area contributed by atoms with E-state index in [-0.39, 0.29) is 30.4 Å². The molecule has 2 rings (SSSR count). The van der Waals surface area contributed by atoms with Gasteiger partial charge in [0.1, 0.15) is 6.61 Å². The second-order valence-electron chi connectivity index (χ2n) is 5.37. The van der Waals surface area contributed by atoms with Crippen molar-refractivity contribution in [2.24, 2.45) is 0 Å². The van der Waals surface area contributed by atoms with Crippen molar-refractivity contribution in [3.63, 3.8) is 0 Å². The Balaban J connectivity index is 1.94. The van der Waals surface area contributed by atoms with Crippen molar-refractivity contribution < 1.29 is 19.1 Å². The zero-order valence-corrected chi connectivity index (χ0v) is 12.8. The van der Waals surface area contributed by atoms with Crippen molar-refractivity contribution in [1.82, 2.24) is 4.90 Å². The van der Waals surface area contributed by atoms with Gasteiger partial charge in [-0.2, -0.15) is 0 Å². The van der Waals surface area contributed by atoms with Gasteiger partial charge < -0.3 is 15.0 Å². The lowest BCUT2D eigenvalue weighted by molar-refractivity contribution is -0.142. The standard InChI is InChI=1S/C16H20N2O4/c1-11(19)15-4-3-9-18(15)16(21)17-14-7-5-13(6-8-14)10-22-12(2)20/h5-8,15H,3-4,9-10H2,1-2H3,(H,17,21)/t15-/m0/s1. The lowest BCUT2D eigenvalue weighted by Gasteiger charge is -2.23. The minimum absolute atomic E-state index is 0.0179. The van der Waals surface area contributed by atoms with Crippen molar-refractivity contribution in [3.05, 3.63) is 29.8 Å². The minimum atomic E-state index is -0.332. The Hall–Kier alpha value is -2.37. The Morgan fingerprint density at radius 1 is 1.23 bits per heavy atom. The summed E-state index contributed by atoms with van der Waals surface area (Å²) in [6.07, 6.45) is 1.57. The first-order valence-corrected chi connectivity index (χ1v) is 7.28. The quantitative estimate of drug-likeness (QED) is 0.866. The van der Waals surface area contributed by atoms with Crippen LogP contribution in [-0.2, 0) is 20.9 Å². The Bertz CT molecular complexity index is 568. The lowest BCUT2D eigenvalue weighted by Crippen LogP contribution is -2.42. The van der Waals surface area contributed by atoms with Gasteiger partial charge in [-0.3, -0.25) is 9.59 Å². The summed E-state index contributed by atoms with van der Waals surface area (Å²) in [4.78, 5) is 36.1. The Morgan fingerprint density at radius 2 is 1.91 bits per heavy atom. The van der Waals surface area contributed by atoms with Crippen LogP contribution in [0.5, 0.6) is 0 Å². The molecule has 0 bridgehead atoms. The predicted octanol–water partition coefficient (Wildman–Crippen LogP) is 2.33. The van der Waals surface area contributed by atoms with E-state index in [0.29, 0.717) is 12.2 Å². The Labute approximate surface area is 129 Å². The third kappa shape index (κ3) is 4.07. The van der Waals surface area contributed by atoms with E-state index in [0.717, 1.165) is 18.4 Å². The minimum Gasteiger partial charge on any atom is -0.461 e. The van der Waals surface area contributed by atoms with Crippen molar-refractivity contribution in [1.29, 1.82) is 0 Å². The van der Waals surface area contributed by atoms with E-state index in [1.165, 1.54) is 13.8 Å². The first-order valence-electron chi connectivity index (χ1n) is 7.28. The van der Waals surface area contributed by atoms with E-state index in [4.69, 9.17) is 4.74 Å². The second-order valence-corrected chi connectivity index (χ2v) is 5.37. The molecule has 0 saturated carbocycles. The molecule has 0 spiro atoms. The number of Topliss-reactive ketones (excluding diaryl/α,β-unsaturated/α-hetero) is 1. The van der Waals surface area contributed by atoms with Crippen molar-refractivity contribution in [2.45, 2.75) is 39.3 Å². The monoisotopic (exact) mass is 304 g/mol. The highest BCUT2D eigenvalue weighted by Gasteiger charge is 2.31. The van der Waals surface area contributed by atoms with Gasteiger partial charge in [0.05, 0.1) is 6.04 Å². The zero-order valence-electron chi connectivity index (χ0n) is 12.8. The van der Waals surface area contributed by atoms with E-state index < -0.39 is 0 Å². The van der Waals surface area contributed by atoms with E-state index in [1.807, 2.05) is 0 Å². The van der Waals surface area contributed by atoms with Crippen LogP contribution in [0.15, 0.2) is 24.3 Å². The van der Waals surface area contributed by atoms with Crippen molar-refractivity contribution >= 4 is 23.5 Å². The zero-order chi connectivity index (χ0) is 16.1. The smallest absolute Gasteiger partial charge is 0.322 e. The number of esters is 1. The summed E-state index contributed by atoms with van der Waals surface area (Å²) in [6.45, 7) is 3.68. The van der Waals surface area contributed by atoms with Crippen LogP contribution in [0.25, 0.3) is 0 Å². The molecule has 6 nitrogen and oxygen atoms in total. The van der Waals surface area contributed by atoms with E-state index >= 15 is 0 Å². The molecule has 2 amide bonds. The second kappa shape index (κ2) is 7.06. The van der Waals surface area contributed by atoms with Crippen LogP contribution in [0.1, 0.15) is 32.3 Å². The van der Waals surface area contributed by atoms with Gasteiger partial charge in [0, 0.05) is 19.2 Å². The number of anilines is 1.